The molecule has 5 rings (SSSR count). The molecule has 1 heterocycles. The molecule has 0 atom stereocenters. The van der Waals surface area contributed by atoms with Crippen molar-refractivity contribution in [2.45, 2.75) is 25.4 Å². The Balaban J connectivity index is 0.00000120. The maximum Gasteiger partial charge on any atom is 0.131 e. The molecule has 0 bridgehead atoms. The van der Waals surface area contributed by atoms with E-state index in [0.29, 0.717) is 18.2 Å². The van der Waals surface area contributed by atoms with Crippen molar-refractivity contribution in [1.82, 2.24) is 15.3 Å². The van der Waals surface area contributed by atoms with E-state index in [1.165, 1.54) is 11.1 Å². The van der Waals surface area contributed by atoms with Crippen LogP contribution in [-0.2, 0) is 19.4 Å². The zero-order chi connectivity index (χ0) is 18.2. The number of nitrogens with zero attached hydrogens (tertiary/aromatic N) is 1. The third-order valence-corrected chi connectivity index (χ3v) is 5.41. The molecule has 29 heavy (non-hydrogen) atoms. The second kappa shape index (κ2) is 8.95. The topological polar surface area (TPSA) is 40.7 Å². The van der Waals surface area contributed by atoms with E-state index in [1.807, 2.05) is 30.3 Å². The second-order valence-corrected chi connectivity index (χ2v) is 7.20. The summed E-state index contributed by atoms with van der Waals surface area (Å²) in [5, 5.41) is 3.57. The summed E-state index contributed by atoms with van der Waals surface area (Å²) >= 11 is 0. The number of hydrogen-bond donors (Lipinski definition) is 2. The highest BCUT2D eigenvalue weighted by Crippen LogP contribution is 2.27. The van der Waals surface area contributed by atoms with Crippen molar-refractivity contribution in [3.63, 3.8) is 0 Å². The van der Waals surface area contributed by atoms with Gasteiger partial charge in [0.1, 0.15) is 5.82 Å². The molecule has 0 amide bonds. The van der Waals surface area contributed by atoms with Crippen molar-refractivity contribution in [3.05, 3.63) is 89.5 Å². The molecule has 0 radical (unpaired) electrons. The molecule has 4 aromatic rings. The Labute approximate surface area is 181 Å². The van der Waals surface area contributed by atoms with Gasteiger partial charge in [-0.1, -0.05) is 42.5 Å². The van der Waals surface area contributed by atoms with Crippen LogP contribution < -0.4 is 5.32 Å². The van der Waals surface area contributed by atoms with Gasteiger partial charge in [0.15, 0.2) is 0 Å². The number of halogens is 3. The lowest BCUT2D eigenvalue weighted by atomic mass is 10.0. The third kappa shape index (κ3) is 4.30. The van der Waals surface area contributed by atoms with Crippen molar-refractivity contribution in [3.8, 4) is 11.1 Å². The average molecular weight is 430 g/mol. The van der Waals surface area contributed by atoms with Crippen LogP contribution in [0.2, 0.25) is 0 Å². The Morgan fingerprint density at radius 1 is 0.966 bits per heavy atom. The van der Waals surface area contributed by atoms with Gasteiger partial charge in [-0.3, -0.25) is 0 Å². The predicted octanol–water partition coefficient (Wildman–Crippen LogP) is 5.47. The van der Waals surface area contributed by atoms with Crippen LogP contribution in [0.25, 0.3) is 22.2 Å². The van der Waals surface area contributed by atoms with Crippen LogP contribution in [0.5, 0.6) is 0 Å². The summed E-state index contributed by atoms with van der Waals surface area (Å²) in [5.74, 6) is -0.195. The minimum Gasteiger partial charge on any atom is -0.345 e. The lowest BCUT2D eigenvalue weighted by Gasteiger charge is -2.13. The molecule has 6 heteroatoms. The van der Waals surface area contributed by atoms with Gasteiger partial charge in [-0.15, -0.1) is 24.8 Å². The molecule has 0 fully saturated rings. The summed E-state index contributed by atoms with van der Waals surface area (Å²) in [5.41, 5.74) is 7.06. The minimum atomic E-state index is -0.195. The van der Waals surface area contributed by atoms with E-state index in [-0.39, 0.29) is 30.6 Å². The minimum absolute atomic E-state index is 0. The molecule has 150 valence electrons. The van der Waals surface area contributed by atoms with Crippen molar-refractivity contribution in [2.24, 2.45) is 0 Å². The molecule has 0 unspecified atom stereocenters. The number of benzene rings is 3. The van der Waals surface area contributed by atoms with Gasteiger partial charge in [-0.25, -0.2) is 9.37 Å². The normalized spacial score (nSPS) is 13.0. The Bertz CT molecular complexity index is 1100. The van der Waals surface area contributed by atoms with Crippen molar-refractivity contribution in [2.75, 3.05) is 0 Å². The second-order valence-electron chi connectivity index (χ2n) is 7.20. The maximum absolute atomic E-state index is 14.7. The van der Waals surface area contributed by atoms with Crippen molar-refractivity contribution < 1.29 is 4.39 Å². The number of H-pyrrole nitrogens is 1. The van der Waals surface area contributed by atoms with Crippen LogP contribution in [0.1, 0.15) is 16.7 Å². The van der Waals surface area contributed by atoms with E-state index in [9.17, 15) is 4.39 Å². The summed E-state index contributed by atoms with van der Waals surface area (Å²) in [6.07, 6.45) is 3.74. The fourth-order valence-corrected chi connectivity index (χ4v) is 3.97. The monoisotopic (exact) mass is 429 g/mol. The van der Waals surface area contributed by atoms with Gasteiger partial charge in [0.25, 0.3) is 0 Å². The van der Waals surface area contributed by atoms with Gasteiger partial charge in [-0.2, -0.15) is 0 Å². The zero-order valence-electron chi connectivity index (χ0n) is 15.7. The molecule has 2 N–H and O–H groups in total. The van der Waals surface area contributed by atoms with E-state index in [1.54, 1.807) is 12.4 Å². The number of fused-ring (bicyclic) bond motifs is 2. The Morgan fingerprint density at radius 2 is 1.72 bits per heavy atom. The van der Waals surface area contributed by atoms with Gasteiger partial charge in [0, 0.05) is 18.2 Å². The molecule has 0 saturated carbocycles. The molecular formula is C23H22Cl2FN3. The van der Waals surface area contributed by atoms with Crippen LogP contribution in [0.3, 0.4) is 0 Å². The van der Waals surface area contributed by atoms with Crippen LogP contribution in [0.15, 0.2) is 67.0 Å². The van der Waals surface area contributed by atoms with Gasteiger partial charge in [0.05, 0.1) is 17.4 Å². The molecule has 1 aliphatic carbocycles. The van der Waals surface area contributed by atoms with E-state index < -0.39 is 0 Å². The van der Waals surface area contributed by atoms with Gasteiger partial charge in [0.2, 0.25) is 0 Å². The number of rotatable bonds is 4. The number of aromatic amines is 1. The van der Waals surface area contributed by atoms with Crippen LogP contribution >= 0.6 is 24.8 Å². The summed E-state index contributed by atoms with van der Waals surface area (Å²) in [7, 11) is 0. The van der Waals surface area contributed by atoms with E-state index in [4.69, 9.17) is 0 Å². The summed E-state index contributed by atoms with van der Waals surface area (Å²) in [6.45, 7) is 0.675. The quantitative estimate of drug-likeness (QED) is 0.451. The molecule has 3 nitrogen and oxygen atoms in total. The first-order valence-electron chi connectivity index (χ1n) is 9.28. The molecule has 1 aliphatic rings. The van der Waals surface area contributed by atoms with Crippen molar-refractivity contribution in [1.29, 1.82) is 0 Å². The lowest BCUT2D eigenvalue weighted by molar-refractivity contribution is 0.530. The molecule has 0 aliphatic heterocycles. The van der Waals surface area contributed by atoms with E-state index in [0.717, 1.165) is 35.0 Å². The van der Waals surface area contributed by atoms with Gasteiger partial charge < -0.3 is 10.3 Å². The predicted molar refractivity (Wildman–Crippen MR) is 120 cm³/mol. The van der Waals surface area contributed by atoms with Gasteiger partial charge in [-0.05, 0) is 53.3 Å². The fraction of sp³-hybridized carbons (Fsp3) is 0.174. The first-order valence-corrected chi connectivity index (χ1v) is 9.28. The fourth-order valence-electron chi connectivity index (χ4n) is 3.97. The van der Waals surface area contributed by atoms with Crippen molar-refractivity contribution >= 4 is 35.8 Å². The van der Waals surface area contributed by atoms with E-state index in [2.05, 4.69) is 39.6 Å². The van der Waals surface area contributed by atoms with Crippen LogP contribution in [-0.4, -0.2) is 16.0 Å². The Kier molecular flexibility index (Phi) is 6.58. The molecule has 1 aromatic heterocycles. The first kappa shape index (κ1) is 21.3. The first-order chi connectivity index (χ1) is 13.3. The highest BCUT2D eigenvalue weighted by Gasteiger charge is 2.20. The number of aromatic nitrogens is 2. The number of nitrogens with one attached hydrogen (secondary N) is 2. The van der Waals surface area contributed by atoms with Gasteiger partial charge >= 0.3 is 0 Å². The zero-order valence-corrected chi connectivity index (χ0v) is 17.3. The highest BCUT2D eigenvalue weighted by atomic mass is 35.5. The number of imidazole rings is 1. The molecule has 0 saturated heterocycles. The standard InChI is InChI=1S/C23H20FN3.2ClH/c24-21-9-15(13-25-19-10-16-3-1-2-4-17(16)11-19)5-7-20(21)18-6-8-22-23(12-18)27-14-26-22;;/h1-9,12,14,19,25H,10-11,13H2,(H,26,27);2*1H. The third-order valence-electron chi connectivity index (χ3n) is 5.41. The number of hydrogen-bond acceptors (Lipinski definition) is 2. The summed E-state index contributed by atoms with van der Waals surface area (Å²) < 4.78 is 14.7. The summed E-state index contributed by atoms with van der Waals surface area (Å²) in [4.78, 5) is 7.31. The Hall–Kier alpha value is -2.40. The molecule has 0 spiro atoms. The SMILES string of the molecule is Cl.Cl.Fc1cc(CNC2Cc3ccccc3C2)ccc1-c1ccc2[nH]cnc2c1. The Morgan fingerprint density at radius 3 is 2.45 bits per heavy atom. The largest absolute Gasteiger partial charge is 0.345 e. The molecule has 3 aromatic carbocycles. The average Bonchev–Trinajstić information content (AvgIpc) is 3.32. The van der Waals surface area contributed by atoms with Crippen LogP contribution in [0, 0.1) is 5.82 Å². The van der Waals surface area contributed by atoms with E-state index >= 15 is 0 Å². The lowest BCUT2D eigenvalue weighted by Crippen LogP contribution is -2.28. The van der Waals surface area contributed by atoms with Crippen LogP contribution in [0.4, 0.5) is 4.39 Å². The highest BCUT2D eigenvalue weighted by molar-refractivity contribution is 5.85. The molecular weight excluding hydrogens is 408 g/mol. The smallest absolute Gasteiger partial charge is 0.131 e. The summed E-state index contributed by atoms with van der Waals surface area (Å²) in [6, 6.07) is 20.3. The maximum atomic E-state index is 14.7.